The minimum atomic E-state index is -0.204. The largest absolute Gasteiger partial charge is 0.354 e. The zero-order valence-corrected chi connectivity index (χ0v) is 14.8. The number of piperazine rings is 1. The number of pyridine rings is 1. The molecule has 0 aliphatic carbocycles. The number of nitrogens with one attached hydrogen (secondary N) is 1. The first-order valence-corrected chi connectivity index (χ1v) is 8.67. The third-order valence-electron chi connectivity index (χ3n) is 4.36. The Hall–Kier alpha value is -2.54. The Bertz CT molecular complexity index is 713. The molecule has 2 aromatic rings. The molecule has 0 unspecified atom stereocenters. The fourth-order valence-corrected chi connectivity index (χ4v) is 2.89. The van der Waals surface area contributed by atoms with Crippen molar-refractivity contribution in [2.45, 2.75) is 20.4 Å². The van der Waals surface area contributed by atoms with Crippen LogP contribution in [0.3, 0.4) is 0 Å². The van der Waals surface area contributed by atoms with Crippen molar-refractivity contribution >= 4 is 11.7 Å². The molecule has 2 aromatic heterocycles. The van der Waals surface area contributed by atoms with E-state index in [0.717, 1.165) is 44.2 Å². The van der Waals surface area contributed by atoms with Gasteiger partial charge in [0.05, 0.1) is 12.2 Å². The average Bonchev–Trinajstić information content (AvgIpc) is 2.66. The van der Waals surface area contributed by atoms with Crippen LogP contribution in [0, 0.1) is 6.92 Å². The van der Waals surface area contributed by atoms with Crippen molar-refractivity contribution in [1.82, 2.24) is 25.2 Å². The Labute approximate surface area is 148 Å². The minimum absolute atomic E-state index is 0.204. The summed E-state index contributed by atoms with van der Waals surface area (Å²) in [6.07, 6.45) is 1.71. The molecule has 7 heteroatoms. The number of likely N-dealkylation sites (N-methyl/N-ethyl adjacent to an activating group) is 1. The highest BCUT2D eigenvalue weighted by molar-refractivity contribution is 5.92. The molecule has 1 aliphatic rings. The van der Waals surface area contributed by atoms with Gasteiger partial charge in [0.2, 0.25) is 0 Å². The lowest BCUT2D eigenvalue weighted by Crippen LogP contribution is -2.46. The second-order valence-electron chi connectivity index (χ2n) is 6.08. The van der Waals surface area contributed by atoms with E-state index < -0.39 is 0 Å². The molecule has 0 atom stereocenters. The molecule has 0 radical (unpaired) electrons. The van der Waals surface area contributed by atoms with Gasteiger partial charge in [-0.2, -0.15) is 0 Å². The van der Waals surface area contributed by atoms with Gasteiger partial charge < -0.3 is 15.1 Å². The lowest BCUT2D eigenvalue weighted by atomic mass is 10.2. The van der Waals surface area contributed by atoms with Crippen LogP contribution < -0.4 is 10.2 Å². The zero-order valence-electron chi connectivity index (χ0n) is 14.8. The van der Waals surface area contributed by atoms with Crippen molar-refractivity contribution in [2.24, 2.45) is 0 Å². The van der Waals surface area contributed by atoms with E-state index in [0.29, 0.717) is 18.1 Å². The van der Waals surface area contributed by atoms with E-state index in [1.54, 1.807) is 12.3 Å². The van der Waals surface area contributed by atoms with Crippen LogP contribution in [-0.4, -0.2) is 58.5 Å². The molecule has 1 amide bonds. The Kier molecular flexibility index (Phi) is 5.55. The van der Waals surface area contributed by atoms with Crippen molar-refractivity contribution in [3.05, 3.63) is 47.7 Å². The predicted molar refractivity (Wildman–Crippen MR) is 96.5 cm³/mol. The van der Waals surface area contributed by atoms with Crippen molar-refractivity contribution in [3.8, 4) is 0 Å². The second-order valence-corrected chi connectivity index (χ2v) is 6.08. The van der Waals surface area contributed by atoms with Gasteiger partial charge in [-0.1, -0.05) is 13.0 Å². The van der Waals surface area contributed by atoms with Gasteiger partial charge in [-0.05, 0) is 25.6 Å². The number of hydrogen-bond donors (Lipinski definition) is 1. The van der Waals surface area contributed by atoms with E-state index in [-0.39, 0.29) is 5.91 Å². The third-order valence-corrected chi connectivity index (χ3v) is 4.36. The summed E-state index contributed by atoms with van der Waals surface area (Å²) in [4.78, 5) is 30.1. The van der Waals surface area contributed by atoms with Gasteiger partial charge in [0, 0.05) is 38.4 Å². The van der Waals surface area contributed by atoms with E-state index in [1.165, 1.54) is 0 Å². The number of rotatable bonds is 5. The van der Waals surface area contributed by atoms with Crippen LogP contribution in [0.2, 0.25) is 0 Å². The molecule has 3 heterocycles. The molecule has 0 aromatic carbocycles. The van der Waals surface area contributed by atoms with Crippen LogP contribution >= 0.6 is 0 Å². The molecule has 132 valence electrons. The van der Waals surface area contributed by atoms with Gasteiger partial charge in [-0.15, -0.1) is 0 Å². The fourth-order valence-electron chi connectivity index (χ4n) is 2.89. The summed E-state index contributed by atoms with van der Waals surface area (Å²) in [6, 6.07) is 7.41. The number of carbonyl (C=O) groups is 1. The fraction of sp³-hybridized carbons (Fsp3) is 0.444. The number of hydrogen-bond acceptors (Lipinski definition) is 6. The first kappa shape index (κ1) is 17.3. The van der Waals surface area contributed by atoms with Crippen molar-refractivity contribution in [2.75, 3.05) is 37.6 Å². The number of carbonyl (C=O) groups excluding carboxylic acids is 1. The lowest BCUT2D eigenvalue weighted by Gasteiger charge is -2.34. The van der Waals surface area contributed by atoms with Gasteiger partial charge in [0.25, 0.3) is 5.91 Å². The van der Waals surface area contributed by atoms with Crippen LogP contribution in [0.15, 0.2) is 30.5 Å². The van der Waals surface area contributed by atoms with Crippen LogP contribution in [0.1, 0.15) is 28.9 Å². The van der Waals surface area contributed by atoms with Gasteiger partial charge in [-0.25, -0.2) is 9.97 Å². The quantitative estimate of drug-likeness (QED) is 0.883. The standard InChI is InChI=1S/C18H24N6O/c1-3-23-8-10-24(11-9-23)17-12-16(21-14(2)22-17)18(25)20-13-15-6-4-5-7-19-15/h4-7,12H,3,8-11,13H2,1-2H3,(H,20,25). The van der Waals surface area contributed by atoms with Crippen LogP contribution in [-0.2, 0) is 6.54 Å². The molecule has 1 aliphatic heterocycles. The summed E-state index contributed by atoms with van der Waals surface area (Å²) < 4.78 is 0. The smallest absolute Gasteiger partial charge is 0.270 e. The summed E-state index contributed by atoms with van der Waals surface area (Å²) in [6.45, 7) is 9.31. The second kappa shape index (κ2) is 8.02. The Balaban J connectivity index is 1.67. The topological polar surface area (TPSA) is 74.2 Å². The number of aryl methyl sites for hydroxylation is 1. The Morgan fingerprint density at radius 2 is 2.00 bits per heavy atom. The van der Waals surface area contributed by atoms with Crippen LogP contribution in [0.5, 0.6) is 0 Å². The van der Waals surface area contributed by atoms with E-state index in [1.807, 2.05) is 25.1 Å². The van der Waals surface area contributed by atoms with Crippen molar-refractivity contribution in [3.63, 3.8) is 0 Å². The molecular weight excluding hydrogens is 316 g/mol. The number of amides is 1. The molecule has 25 heavy (non-hydrogen) atoms. The van der Waals surface area contributed by atoms with E-state index in [4.69, 9.17) is 0 Å². The van der Waals surface area contributed by atoms with Gasteiger partial charge >= 0.3 is 0 Å². The Morgan fingerprint density at radius 3 is 2.68 bits per heavy atom. The summed E-state index contributed by atoms with van der Waals surface area (Å²) in [5.41, 5.74) is 1.22. The zero-order chi connectivity index (χ0) is 17.6. The molecule has 1 saturated heterocycles. The minimum Gasteiger partial charge on any atom is -0.354 e. The molecule has 1 N–H and O–H groups in total. The maximum Gasteiger partial charge on any atom is 0.270 e. The van der Waals surface area contributed by atoms with Crippen LogP contribution in [0.4, 0.5) is 5.82 Å². The summed E-state index contributed by atoms with van der Waals surface area (Å²) in [7, 11) is 0. The normalized spacial score (nSPS) is 15.2. The third kappa shape index (κ3) is 4.51. The number of anilines is 1. The highest BCUT2D eigenvalue weighted by Crippen LogP contribution is 2.15. The molecule has 0 spiro atoms. The monoisotopic (exact) mass is 340 g/mol. The van der Waals surface area contributed by atoms with E-state index in [2.05, 4.69) is 37.0 Å². The lowest BCUT2D eigenvalue weighted by molar-refractivity contribution is 0.0945. The summed E-state index contributed by atoms with van der Waals surface area (Å²) >= 11 is 0. The molecule has 0 saturated carbocycles. The molecule has 7 nitrogen and oxygen atoms in total. The predicted octanol–water partition coefficient (Wildman–Crippen LogP) is 1.25. The highest BCUT2D eigenvalue weighted by Gasteiger charge is 2.19. The number of aromatic nitrogens is 3. The summed E-state index contributed by atoms with van der Waals surface area (Å²) in [5.74, 6) is 1.23. The van der Waals surface area contributed by atoms with E-state index in [9.17, 15) is 4.79 Å². The number of nitrogens with zero attached hydrogens (tertiary/aromatic N) is 5. The average molecular weight is 340 g/mol. The molecular formula is C18H24N6O. The maximum atomic E-state index is 12.4. The first-order valence-electron chi connectivity index (χ1n) is 8.67. The first-order chi connectivity index (χ1) is 12.2. The molecule has 1 fully saturated rings. The Morgan fingerprint density at radius 1 is 1.20 bits per heavy atom. The SMILES string of the molecule is CCN1CCN(c2cc(C(=O)NCc3ccccn3)nc(C)n2)CC1. The van der Waals surface area contributed by atoms with Crippen molar-refractivity contribution in [1.29, 1.82) is 0 Å². The van der Waals surface area contributed by atoms with Crippen molar-refractivity contribution < 1.29 is 4.79 Å². The van der Waals surface area contributed by atoms with Crippen LogP contribution in [0.25, 0.3) is 0 Å². The van der Waals surface area contributed by atoms with Gasteiger partial charge in [0.1, 0.15) is 17.3 Å². The van der Waals surface area contributed by atoms with Gasteiger partial charge in [-0.3, -0.25) is 9.78 Å². The van der Waals surface area contributed by atoms with Gasteiger partial charge in [0.15, 0.2) is 0 Å². The van der Waals surface area contributed by atoms with E-state index >= 15 is 0 Å². The maximum absolute atomic E-state index is 12.4. The molecule has 0 bridgehead atoms. The molecule has 3 rings (SSSR count). The highest BCUT2D eigenvalue weighted by atomic mass is 16.1. The summed E-state index contributed by atoms with van der Waals surface area (Å²) in [5, 5.41) is 2.87.